The summed E-state index contributed by atoms with van der Waals surface area (Å²) in [5.41, 5.74) is 8.26. The number of carbonyl (C=O) groups excluding carboxylic acids is 8. The first kappa shape index (κ1) is 48.9. The Kier molecular flexibility index (Phi) is 19.0. The number of fused-ring (bicyclic) bond motifs is 3. The zero-order valence-electron chi connectivity index (χ0n) is 34.9. The zero-order valence-corrected chi connectivity index (χ0v) is 35.7. The lowest BCUT2D eigenvalue weighted by Crippen LogP contribution is -2.57. The molecule has 330 valence electrons. The van der Waals surface area contributed by atoms with E-state index in [1.54, 1.807) is 25.1 Å². The molecule has 1 aromatic carbocycles. The number of aromatic amines is 1. The average Bonchev–Trinajstić information content (AvgIpc) is 3.54. The summed E-state index contributed by atoms with van der Waals surface area (Å²) in [6.07, 6.45) is 0.180. The van der Waals surface area contributed by atoms with E-state index >= 15 is 0 Å². The number of aliphatic hydroxyl groups excluding tert-OH is 1. The topological polar surface area (TPSA) is 280 Å². The molecule has 20 heteroatoms. The Hall–Kier alpha value is -5.47. The lowest BCUT2D eigenvalue weighted by molar-refractivity contribution is -0.147. The maximum Gasteiger partial charge on any atom is 0.308 e. The van der Waals surface area contributed by atoms with Crippen molar-refractivity contribution >= 4 is 70.0 Å². The Labute approximate surface area is 353 Å². The zero-order chi connectivity index (χ0) is 44.7. The van der Waals surface area contributed by atoms with Gasteiger partial charge in [-0.05, 0) is 42.9 Å². The van der Waals surface area contributed by atoms with Gasteiger partial charge in [-0.1, -0.05) is 52.0 Å². The molecule has 0 saturated carbocycles. The van der Waals surface area contributed by atoms with Gasteiger partial charge in [0.05, 0.1) is 36.7 Å². The van der Waals surface area contributed by atoms with Gasteiger partial charge in [-0.3, -0.25) is 38.4 Å². The van der Waals surface area contributed by atoms with Crippen LogP contribution < -0.4 is 32.3 Å². The van der Waals surface area contributed by atoms with Crippen LogP contribution in [0.15, 0.2) is 35.9 Å². The Bertz CT molecular complexity index is 1900. The van der Waals surface area contributed by atoms with Gasteiger partial charge in [-0.25, -0.2) is 0 Å². The van der Waals surface area contributed by atoms with Crippen molar-refractivity contribution in [2.45, 2.75) is 102 Å². The number of ether oxygens (including phenoxy) is 2. The maximum atomic E-state index is 14.1. The standard InChI is InChI=1S/C40H58N8O11S/c1-8-13-58-34(53)16-29(40(57)48(7)19-22(5)49)45-37(55)30-20-60-39-26(25-12-11-24(14-28(25)46-39)31(10-3)59-23(6)50)15-27(41)36(54)42-18-33(52)47-35(21(4)9-2)38(56)43-17-32(51)44-30/h8,11-12,14,21-22,27,29-31,35,46,49H,1,9-10,13,15-20,41H2,2-7H3,(H,42,54)(H,43,56)(H,44,51)(H,45,55)(H,47,52)/t21-,22+,27+,29-,30-,31?,35-/m0/s1. The summed E-state index contributed by atoms with van der Waals surface area (Å²) < 4.78 is 10.6. The second-order valence-corrected chi connectivity index (χ2v) is 15.7. The lowest BCUT2D eigenvalue weighted by atomic mass is 9.98. The fraction of sp³-hybridized carbons (Fsp3) is 0.550. The minimum absolute atomic E-state index is 0.0452. The molecule has 1 aromatic heterocycles. The average molecular weight is 859 g/mol. The number of benzene rings is 1. The van der Waals surface area contributed by atoms with E-state index < -0.39 is 103 Å². The van der Waals surface area contributed by atoms with Gasteiger partial charge < -0.3 is 56.8 Å². The van der Waals surface area contributed by atoms with Crippen molar-refractivity contribution in [2.75, 3.05) is 39.0 Å². The monoisotopic (exact) mass is 858 g/mol. The third-order valence-corrected chi connectivity index (χ3v) is 10.8. The molecule has 0 spiro atoms. The van der Waals surface area contributed by atoms with Gasteiger partial charge in [-0.2, -0.15) is 0 Å². The lowest BCUT2D eigenvalue weighted by Gasteiger charge is -2.27. The highest BCUT2D eigenvalue weighted by molar-refractivity contribution is 7.99. The molecule has 9 N–H and O–H groups in total. The number of rotatable bonds is 14. The number of aliphatic hydroxyl groups is 1. The number of amides is 6. The van der Waals surface area contributed by atoms with Gasteiger partial charge in [-0.15, -0.1) is 11.8 Å². The number of likely N-dealkylation sites (N-methyl/N-ethyl adjacent to an activating group) is 1. The van der Waals surface area contributed by atoms with E-state index in [1.807, 2.05) is 13.8 Å². The van der Waals surface area contributed by atoms with Crippen LogP contribution in [0.3, 0.4) is 0 Å². The van der Waals surface area contributed by atoms with Crippen molar-refractivity contribution in [1.29, 1.82) is 0 Å². The van der Waals surface area contributed by atoms with Crippen LogP contribution in [0.4, 0.5) is 0 Å². The highest BCUT2D eigenvalue weighted by Gasteiger charge is 2.33. The predicted octanol–water partition coefficient (Wildman–Crippen LogP) is -0.151. The van der Waals surface area contributed by atoms with E-state index in [2.05, 4.69) is 38.1 Å². The summed E-state index contributed by atoms with van der Waals surface area (Å²) in [6, 6.07) is 0.237. The van der Waals surface area contributed by atoms with Gasteiger partial charge in [0.2, 0.25) is 35.4 Å². The van der Waals surface area contributed by atoms with E-state index in [0.29, 0.717) is 39.9 Å². The van der Waals surface area contributed by atoms with Crippen LogP contribution in [0.25, 0.3) is 10.9 Å². The van der Waals surface area contributed by atoms with E-state index in [-0.39, 0.29) is 31.2 Å². The third-order valence-electron chi connectivity index (χ3n) is 9.67. The Morgan fingerprint density at radius 3 is 2.33 bits per heavy atom. The minimum atomic E-state index is -1.48. The second-order valence-electron chi connectivity index (χ2n) is 14.7. The van der Waals surface area contributed by atoms with E-state index in [0.717, 1.165) is 16.7 Å². The van der Waals surface area contributed by atoms with Crippen molar-refractivity contribution in [1.82, 2.24) is 36.5 Å². The van der Waals surface area contributed by atoms with Crippen LogP contribution in [-0.4, -0.2) is 132 Å². The van der Waals surface area contributed by atoms with Crippen LogP contribution in [0.1, 0.15) is 71.1 Å². The van der Waals surface area contributed by atoms with E-state index in [4.69, 9.17) is 15.2 Å². The molecule has 3 rings (SSSR count). The Morgan fingerprint density at radius 2 is 1.72 bits per heavy atom. The number of nitrogens with zero attached hydrogens (tertiary/aromatic N) is 1. The molecule has 0 saturated heterocycles. The van der Waals surface area contributed by atoms with Crippen molar-refractivity contribution in [3.05, 3.63) is 42.0 Å². The van der Waals surface area contributed by atoms with Crippen LogP contribution in [0.5, 0.6) is 0 Å². The molecule has 0 aliphatic carbocycles. The molecule has 1 aliphatic heterocycles. The fourth-order valence-electron chi connectivity index (χ4n) is 6.37. The molecule has 0 fully saturated rings. The second kappa shape index (κ2) is 23.4. The molecule has 19 nitrogen and oxygen atoms in total. The van der Waals surface area contributed by atoms with Crippen molar-refractivity contribution in [3.8, 4) is 0 Å². The third kappa shape index (κ3) is 14.4. The van der Waals surface area contributed by atoms with Crippen LogP contribution >= 0.6 is 11.8 Å². The van der Waals surface area contributed by atoms with Crippen LogP contribution in [-0.2, 0) is 54.3 Å². The number of hydrogen-bond donors (Lipinski definition) is 8. The summed E-state index contributed by atoms with van der Waals surface area (Å²) in [5.74, 6) is -6.21. The highest BCUT2D eigenvalue weighted by atomic mass is 32.2. The molecule has 1 aliphatic rings. The molecular formula is C40H58N8O11S. The largest absolute Gasteiger partial charge is 0.461 e. The molecule has 1 unspecified atom stereocenters. The van der Waals surface area contributed by atoms with Crippen molar-refractivity contribution in [2.24, 2.45) is 11.7 Å². The molecule has 2 heterocycles. The van der Waals surface area contributed by atoms with Crippen molar-refractivity contribution < 1.29 is 52.9 Å². The Balaban J connectivity index is 2.11. The Morgan fingerprint density at radius 1 is 1.05 bits per heavy atom. The van der Waals surface area contributed by atoms with Gasteiger partial charge >= 0.3 is 11.9 Å². The number of thioether (sulfide) groups is 1. The number of nitrogens with two attached hydrogens (primary N) is 1. The first-order chi connectivity index (χ1) is 28.4. The quantitative estimate of drug-likeness (QED) is 0.0908. The van der Waals surface area contributed by atoms with E-state index in [1.165, 1.54) is 27.0 Å². The fourth-order valence-corrected chi connectivity index (χ4v) is 7.49. The maximum absolute atomic E-state index is 14.1. The smallest absolute Gasteiger partial charge is 0.308 e. The van der Waals surface area contributed by atoms with Crippen LogP contribution in [0.2, 0.25) is 0 Å². The number of nitrogens with one attached hydrogen (secondary N) is 6. The summed E-state index contributed by atoms with van der Waals surface area (Å²) >= 11 is 1.09. The predicted molar refractivity (Wildman–Crippen MR) is 222 cm³/mol. The highest BCUT2D eigenvalue weighted by Crippen LogP contribution is 2.34. The first-order valence-corrected chi connectivity index (χ1v) is 20.7. The minimum Gasteiger partial charge on any atom is -0.461 e. The normalized spacial score (nSPS) is 20.2. The number of aromatic nitrogens is 1. The first-order valence-electron chi connectivity index (χ1n) is 19.7. The molecule has 6 amide bonds. The summed E-state index contributed by atoms with van der Waals surface area (Å²) in [5, 5.41) is 23.8. The van der Waals surface area contributed by atoms with Gasteiger partial charge in [0.15, 0.2) is 0 Å². The number of H-pyrrole nitrogens is 1. The summed E-state index contributed by atoms with van der Waals surface area (Å²) in [6.45, 7) is 10.3. The molecular weight excluding hydrogens is 801 g/mol. The molecule has 7 atom stereocenters. The van der Waals surface area contributed by atoms with Gasteiger partial charge in [0.1, 0.15) is 30.8 Å². The van der Waals surface area contributed by atoms with Gasteiger partial charge in [0.25, 0.3) is 0 Å². The van der Waals surface area contributed by atoms with Crippen LogP contribution in [0, 0.1) is 5.92 Å². The number of hydrogen-bond acceptors (Lipinski definition) is 13. The number of esters is 2. The molecule has 0 bridgehead atoms. The molecule has 60 heavy (non-hydrogen) atoms. The summed E-state index contributed by atoms with van der Waals surface area (Å²) in [4.78, 5) is 110. The molecule has 0 radical (unpaired) electrons. The molecule has 2 aromatic rings. The van der Waals surface area contributed by atoms with Gasteiger partial charge in [0, 0.05) is 37.2 Å². The van der Waals surface area contributed by atoms with Crippen molar-refractivity contribution in [3.63, 3.8) is 0 Å². The number of carbonyl (C=O) groups is 8. The summed E-state index contributed by atoms with van der Waals surface area (Å²) in [7, 11) is 1.39. The van der Waals surface area contributed by atoms with E-state index in [9.17, 15) is 43.5 Å². The SMILES string of the molecule is C=CCOC(=O)C[C@H](NC(=O)[C@@H]1CSc2[nH]c3cc(C(CC)OC(C)=O)ccc3c2C[C@@H](N)C(=O)NCC(=O)N[C@@H]([C@@H](C)CC)C(=O)NCC(=O)N1)C(=O)N(C)C[C@@H](C)O.